The van der Waals surface area contributed by atoms with E-state index in [1.54, 1.807) is 6.92 Å². The number of benzene rings is 2. The average Bonchev–Trinajstić information content (AvgIpc) is 2.73. The molecule has 1 heterocycles. The summed E-state index contributed by atoms with van der Waals surface area (Å²) < 4.78 is 5.36. The molecule has 3 rings (SSSR count). The van der Waals surface area contributed by atoms with Crippen LogP contribution in [0, 0.1) is 0 Å². The Balaban J connectivity index is 1.48. The van der Waals surface area contributed by atoms with Crippen LogP contribution in [0.3, 0.4) is 0 Å². The van der Waals surface area contributed by atoms with Crippen LogP contribution < -0.4 is 10.6 Å². The number of carbonyl (C=O) groups excluding carboxylic acids is 3. The first-order chi connectivity index (χ1) is 14.1. The maximum Gasteiger partial charge on any atom is 0.308 e. The number of esters is 1. The van der Waals surface area contributed by atoms with Crippen LogP contribution in [0.1, 0.15) is 25.3 Å². The maximum absolute atomic E-state index is 12.3. The van der Waals surface area contributed by atoms with E-state index >= 15 is 0 Å². The lowest BCUT2D eigenvalue weighted by Gasteiger charge is -2.24. The highest BCUT2D eigenvalue weighted by Gasteiger charge is 2.31. The molecule has 1 aliphatic heterocycles. The Morgan fingerprint density at radius 2 is 1.86 bits per heavy atom. The molecule has 6 nitrogen and oxygen atoms in total. The number of anilines is 1. The molecule has 0 saturated heterocycles. The SMILES string of the molecule is CC[C@H](OC(=O)C[C@@H]1Sc2ccccc2NC1=O)C(=O)NCCc1ccccc1. The lowest BCUT2D eigenvalue weighted by molar-refractivity contribution is -0.156. The second-order valence-electron chi connectivity index (χ2n) is 6.71. The summed E-state index contributed by atoms with van der Waals surface area (Å²) in [6.07, 6.45) is 0.131. The molecule has 2 atom stereocenters. The molecule has 0 saturated carbocycles. The number of ether oxygens (including phenoxy) is 1. The molecule has 0 aromatic heterocycles. The molecule has 0 fully saturated rings. The molecule has 7 heteroatoms. The number of thioether (sulfide) groups is 1. The summed E-state index contributed by atoms with van der Waals surface area (Å²) in [5, 5.41) is 5.04. The largest absolute Gasteiger partial charge is 0.452 e. The number of hydrogen-bond acceptors (Lipinski definition) is 5. The molecule has 2 amide bonds. The third-order valence-corrected chi connectivity index (χ3v) is 5.83. The highest BCUT2D eigenvalue weighted by molar-refractivity contribution is 8.01. The summed E-state index contributed by atoms with van der Waals surface area (Å²) in [6, 6.07) is 17.3. The number of para-hydroxylation sites is 1. The van der Waals surface area contributed by atoms with E-state index in [4.69, 9.17) is 4.74 Å². The Hall–Kier alpha value is -2.80. The van der Waals surface area contributed by atoms with Gasteiger partial charge >= 0.3 is 5.97 Å². The smallest absolute Gasteiger partial charge is 0.308 e. The Bertz CT molecular complexity index is 872. The van der Waals surface area contributed by atoms with Crippen molar-refractivity contribution in [2.24, 2.45) is 0 Å². The fraction of sp³-hybridized carbons (Fsp3) is 0.318. The van der Waals surface area contributed by atoms with Crippen molar-refractivity contribution in [1.29, 1.82) is 0 Å². The highest BCUT2D eigenvalue weighted by Crippen LogP contribution is 2.36. The van der Waals surface area contributed by atoms with Crippen LogP contribution in [0.2, 0.25) is 0 Å². The third-order valence-electron chi connectivity index (χ3n) is 4.55. The van der Waals surface area contributed by atoms with Crippen LogP contribution in [-0.4, -0.2) is 35.7 Å². The van der Waals surface area contributed by atoms with Crippen molar-refractivity contribution in [3.8, 4) is 0 Å². The van der Waals surface area contributed by atoms with E-state index < -0.39 is 17.3 Å². The lowest BCUT2D eigenvalue weighted by atomic mass is 10.1. The van der Waals surface area contributed by atoms with Gasteiger partial charge < -0.3 is 15.4 Å². The van der Waals surface area contributed by atoms with Gasteiger partial charge in [-0.25, -0.2) is 0 Å². The van der Waals surface area contributed by atoms with Gasteiger partial charge in [-0.05, 0) is 30.5 Å². The number of amides is 2. The summed E-state index contributed by atoms with van der Waals surface area (Å²) in [4.78, 5) is 37.8. The van der Waals surface area contributed by atoms with Gasteiger partial charge in [-0.1, -0.05) is 49.4 Å². The second-order valence-corrected chi connectivity index (χ2v) is 7.95. The number of hydrogen-bond donors (Lipinski definition) is 2. The fourth-order valence-corrected chi connectivity index (χ4v) is 4.09. The molecule has 0 unspecified atom stereocenters. The molecule has 0 spiro atoms. The predicted octanol–water partition coefficient (Wildman–Crippen LogP) is 3.17. The number of fused-ring (bicyclic) bond motifs is 1. The normalized spacial score (nSPS) is 16.3. The first-order valence-electron chi connectivity index (χ1n) is 9.64. The molecule has 2 aromatic rings. The maximum atomic E-state index is 12.3. The first-order valence-corrected chi connectivity index (χ1v) is 10.5. The van der Waals surface area contributed by atoms with E-state index in [1.807, 2.05) is 54.6 Å². The highest BCUT2D eigenvalue weighted by atomic mass is 32.2. The topological polar surface area (TPSA) is 84.5 Å². The first kappa shape index (κ1) is 20.9. The van der Waals surface area contributed by atoms with Gasteiger partial charge in [-0.15, -0.1) is 11.8 Å². The molecule has 29 heavy (non-hydrogen) atoms. The van der Waals surface area contributed by atoms with Crippen molar-refractivity contribution in [3.63, 3.8) is 0 Å². The van der Waals surface area contributed by atoms with Gasteiger partial charge in [0, 0.05) is 11.4 Å². The van der Waals surface area contributed by atoms with Gasteiger partial charge in [0.25, 0.3) is 5.91 Å². The molecular formula is C22H24N2O4S. The number of nitrogens with one attached hydrogen (secondary N) is 2. The van der Waals surface area contributed by atoms with E-state index in [9.17, 15) is 14.4 Å². The fourth-order valence-electron chi connectivity index (χ4n) is 3.00. The van der Waals surface area contributed by atoms with E-state index in [0.717, 1.165) is 16.1 Å². The van der Waals surface area contributed by atoms with Crippen molar-refractivity contribution in [1.82, 2.24) is 5.32 Å². The van der Waals surface area contributed by atoms with Gasteiger partial charge in [-0.2, -0.15) is 0 Å². The van der Waals surface area contributed by atoms with Gasteiger partial charge in [0.15, 0.2) is 6.10 Å². The molecule has 0 radical (unpaired) electrons. The zero-order valence-electron chi connectivity index (χ0n) is 16.2. The molecule has 152 valence electrons. The summed E-state index contributed by atoms with van der Waals surface area (Å²) in [5.41, 5.74) is 1.87. The monoisotopic (exact) mass is 412 g/mol. The zero-order chi connectivity index (χ0) is 20.6. The van der Waals surface area contributed by atoms with Crippen molar-refractivity contribution >= 4 is 35.2 Å². The molecule has 2 aromatic carbocycles. The summed E-state index contributed by atoms with van der Waals surface area (Å²) in [6.45, 7) is 2.25. The van der Waals surface area contributed by atoms with Crippen LogP contribution in [0.4, 0.5) is 5.69 Å². The standard InChI is InChI=1S/C22H24N2O4S/c1-2-17(21(26)23-13-12-15-8-4-3-5-9-15)28-20(25)14-19-22(27)24-16-10-6-7-11-18(16)29-19/h3-11,17,19H,2,12-14H2,1H3,(H,23,26)(H,24,27)/t17-,19-/m0/s1. The summed E-state index contributed by atoms with van der Waals surface area (Å²) >= 11 is 1.33. The second kappa shape index (κ2) is 10.1. The van der Waals surface area contributed by atoms with Gasteiger partial charge in [0.2, 0.25) is 5.91 Å². The third kappa shape index (κ3) is 5.84. The van der Waals surface area contributed by atoms with Gasteiger partial charge in [0.05, 0.1) is 17.4 Å². The number of rotatable bonds is 8. The molecule has 0 bridgehead atoms. The Morgan fingerprint density at radius 1 is 1.14 bits per heavy atom. The van der Waals surface area contributed by atoms with Crippen molar-refractivity contribution in [3.05, 3.63) is 60.2 Å². The molecule has 0 aliphatic carbocycles. The van der Waals surface area contributed by atoms with Crippen LogP contribution in [0.25, 0.3) is 0 Å². The number of carbonyl (C=O) groups is 3. The van der Waals surface area contributed by atoms with E-state index in [2.05, 4.69) is 10.6 Å². The molecule has 1 aliphatic rings. The predicted molar refractivity (Wildman–Crippen MR) is 113 cm³/mol. The Labute approximate surface area is 174 Å². The van der Waals surface area contributed by atoms with Crippen molar-refractivity contribution in [2.75, 3.05) is 11.9 Å². The minimum Gasteiger partial charge on any atom is -0.452 e. The quantitative estimate of drug-likeness (QED) is 0.651. The van der Waals surface area contributed by atoms with Crippen LogP contribution in [-0.2, 0) is 25.5 Å². The van der Waals surface area contributed by atoms with E-state index in [1.165, 1.54) is 11.8 Å². The molecular weight excluding hydrogens is 388 g/mol. The zero-order valence-corrected chi connectivity index (χ0v) is 17.0. The van der Waals surface area contributed by atoms with Crippen LogP contribution in [0.5, 0.6) is 0 Å². The van der Waals surface area contributed by atoms with E-state index in [0.29, 0.717) is 19.4 Å². The van der Waals surface area contributed by atoms with E-state index in [-0.39, 0.29) is 18.2 Å². The summed E-state index contributed by atoms with van der Waals surface area (Å²) in [7, 11) is 0. The molecule has 2 N–H and O–H groups in total. The minimum absolute atomic E-state index is 0.0847. The van der Waals surface area contributed by atoms with Gasteiger partial charge in [-0.3, -0.25) is 14.4 Å². The summed E-state index contributed by atoms with van der Waals surface area (Å²) in [5.74, 6) is -1.10. The van der Waals surface area contributed by atoms with Gasteiger partial charge in [0.1, 0.15) is 0 Å². The van der Waals surface area contributed by atoms with Crippen LogP contribution in [0.15, 0.2) is 59.5 Å². The Morgan fingerprint density at radius 3 is 2.62 bits per heavy atom. The van der Waals surface area contributed by atoms with Crippen molar-refractivity contribution < 1.29 is 19.1 Å². The Kier molecular flexibility index (Phi) is 7.30. The van der Waals surface area contributed by atoms with Crippen molar-refractivity contribution in [2.45, 2.75) is 42.4 Å². The average molecular weight is 413 g/mol. The minimum atomic E-state index is -0.859. The van der Waals surface area contributed by atoms with Crippen LogP contribution >= 0.6 is 11.8 Å². The lowest BCUT2D eigenvalue weighted by Crippen LogP contribution is -2.39.